The summed E-state index contributed by atoms with van der Waals surface area (Å²) in [5.41, 5.74) is 0.0606. The van der Waals surface area contributed by atoms with E-state index in [1.165, 1.54) is 29.2 Å². The molecule has 0 radical (unpaired) electrons. The number of carbonyl (C=O) groups excluding carboxylic acids is 1. The molecule has 1 aromatic carbocycles. The van der Waals surface area contributed by atoms with Crippen molar-refractivity contribution in [3.05, 3.63) is 53.2 Å². The van der Waals surface area contributed by atoms with E-state index in [1.54, 1.807) is 27.0 Å². The fourth-order valence-corrected chi connectivity index (χ4v) is 2.39. The molecular formula is C18H20FNO5. The topological polar surface area (TPSA) is 80.0 Å². The molecule has 0 fully saturated rings. The Hall–Kier alpha value is -2.83. The van der Waals surface area contributed by atoms with Gasteiger partial charge in [0.05, 0.1) is 6.54 Å². The maximum atomic E-state index is 13.7. The Morgan fingerprint density at radius 3 is 2.60 bits per heavy atom. The molecule has 0 aliphatic heterocycles. The van der Waals surface area contributed by atoms with E-state index in [4.69, 9.17) is 14.3 Å². The lowest BCUT2D eigenvalue weighted by atomic mass is 10.2. The molecule has 25 heavy (non-hydrogen) atoms. The summed E-state index contributed by atoms with van der Waals surface area (Å²) in [6.45, 7) is 3.39. The predicted octanol–water partition coefficient (Wildman–Crippen LogP) is 3.24. The van der Waals surface area contributed by atoms with Gasteiger partial charge in [0.25, 0.3) is 5.91 Å². The second-order valence-electron chi connectivity index (χ2n) is 5.63. The summed E-state index contributed by atoms with van der Waals surface area (Å²) in [4.78, 5) is 24.9. The van der Waals surface area contributed by atoms with Gasteiger partial charge in [0.15, 0.2) is 17.7 Å². The molecule has 2 rings (SSSR count). The average Bonchev–Trinajstić information content (AvgIpc) is 2.94. The molecule has 1 heterocycles. The fourth-order valence-electron chi connectivity index (χ4n) is 2.39. The van der Waals surface area contributed by atoms with E-state index >= 15 is 0 Å². The molecule has 6 nitrogen and oxygen atoms in total. The first-order valence-corrected chi connectivity index (χ1v) is 7.82. The molecule has 1 aromatic heterocycles. The van der Waals surface area contributed by atoms with Crippen LogP contribution in [0.3, 0.4) is 0 Å². The first-order valence-electron chi connectivity index (χ1n) is 7.82. The first kappa shape index (κ1) is 18.5. The van der Waals surface area contributed by atoms with E-state index in [9.17, 15) is 14.0 Å². The van der Waals surface area contributed by atoms with Crippen molar-refractivity contribution in [3.63, 3.8) is 0 Å². The Balaban J connectivity index is 2.08. The molecule has 2 aromatic rings. The minimum Gasteiger partial charge on any atom is -0.478 e. The maximum Gasteiger partial charge on any atom is 0.339 e. The van der Waals surface area contributed by atoms with E-state index in [1.807, 2.05) is 0 Å². The monoisotopic (exact) mass is 349 g/mol. The maximum absolute atomic E-state index is 13.7. The highest BCUT2D eigenvalue weighted by Crippen LogP contribution is 2.20. The number of halogens is 1. The molecule has 1 amide bonds. The quantitative estimate of drug-likeness (QED) is 0.830. The molecule has 1 N–H and O–H groups in total. The number of hydrogen-bond donors (Lipinski definition) is 1. The number of hydrogen-bond acceptors (Lipinski definition) is 4. The van der Waals surface area contributed by atoms with Crippen molar-refractivity contribution in [2.24, 2.45) is 0 Å². The third-order valence-electron chi connectivity index (χ3n) is 3.72. The van der Waals surface area contributed by atoms with Gasteiger partial charge in [-0.3, -0.25) is 4.79 Å². The second-order valence-corrected chi connectivity index (χ2v) is 5.63. The number of carboxylic acid groups (broad SMARTS) is 1. The smallest absolute Gasteiger partial charge is 0.339 e. The van der Waals surface area contributed by atoms with Crippen molar-refractivity contribution >= 4 is 11.9 Å². The van der Waals surface area contributed by atoms with E-state index in [2.05, 4.69) is 0 Å². The van der Waals surface area contributed by atoms with Crippen molar-refractivity contribution in [2.75, 3.05) is 7.05 Å². The van der Waals surface area contributed by atoms with Crippen LogP contribution in [0.5, 0.6) is 5.75 Å². The normalized spacial score (nSPS) is 11.8. The minimum absolute atomic E-state index is 0.0121. The molecule has 7 heteroatoms. The van der Waals surface area contributed by atoms with Gasteiger partial charge in [0.1, 0.15) is 17.1 Å². The summed E-state index contributed by atoms with van der Waals surface area (Å²) < 4.78 is 24.6. The van der Waals surface area contributed by atoms with Crippen LogP contribution in [0.15, 0.2) is 34.7 Å². The van der Waals surface area contributed by atoms with Gasteiger partial charge < -0.3 is 19.2 Å². The number of rotatable bonds is 7. The predicted molar refractivity (Wildman–Crippen MR) is 88.0 cm³/mol. The van der Waals surface area contributed by atoms with Crippen molar-refractivity contribution in [1.82, 2.24) is 4.90 Å². The lowest BCUT2D eigenvalue weighted by Crippen LogP contribution is -2.39. The number of likely N-dealkylation sites (N-methyl/N-ethyl adjacent to an activating group) is 1. The van der Waals surface area contributed by atoms with Crippen LogP contribution in [-0.2, 0) is 11.3 Å². The second kappa shape index (κ2) is 7.83. The summed E-state index contributed by atoms with van der Waals surface area (Å²) in [7, 11) is 1.55. The van der Waals surface area contributed by atoms with E-state index in [-0.39, 0.29) is 29.5 Å². The van der Waals surface area contributed by atoms with Gasteiger partial charge >= 0.3 is 5.97 Å². The average molecular weight is 349 g/mol. The van der Waals surface area contributed by atoms with Crippen LogP contribution in [-0.4, -0.2) is 35.0 Å². The van der Waals surface area contributed by atoms with Crippen molar-refractivity contribution in [3.8, 4) is 5.75 Å². The van der Waals surface area contributed by atoms with Gasteiger partial charge in [-0.1, -0.05) is 19.1 Å². The Morgan fingerprint density at radius 2 is 2.04 bits per heavy atom. The lowest BCUT2D eigenvalue weighted by Gasteiger charge is -2.23. The number of aromatic carboxylic acids is 1. The van der Waals surface area contributed by atoms with Crippen molar-refractivity contribution in [2.45, 2.75) is 32.9 Å². The number of carbonyl (C=O) groups is 2. The number of furan rings is 1. The Labute approximate surface area is 144 Å². The largest absolute Gasteiger partial charge is 0.478 e. The van der Waals surface area contributed by atoms with Gasteiger partial charge in [-0.25, -0.2) is 9.18 Å². The summed E-state index contributed by atoms with van der Waals surface area (Å²) in [5, 5.41) is 9.04. The van der Waals surface area contributed by atoms with Crippen LogP contribution >= 0.6 is 0 Å². The van der Waals surface area contributed by atoms with Crippen LogP contribution in [0, 0.1) is 12.7 Å². The number of carboxylic acids is 1. The molecule has 0 saturated heterocycles. The van der Waals surface area contributed by atoms with Crippen LogP contribution in [0.4, 0.5) is 4.39 Å². The molecule has 134 valence electrons. The van der Waals surface area contributed by atoms with E-state index in [0.29, 0.717) is 12.2 Å². The van der Waals surface area contributed by atoms with E-state index in [0.717, 1.165) is 0 Å². The molecule has 0 saturated carbocycles. The number of amides is 1. The van der Waals surface area contributed by atoms with Gasteiger partial charge in [-0.05, 0) is 31.5 Å². The van der Waals surface area contributed by atoms with Gasteiger partial charge in [0, 0.05) is 7.05 Å². The number of aryl methyl sites for hydroxylation is 1. The zero-order valence-corrected chi connectivity index (χ0v) is 14.3. The molecule has 1 atom stereocenters. The molecule has 0 spiro atoms. The minimum atomic E-state index is -1.09. The number of benzene rings is 1. The molecule has 0 aliphatic carbocycles. The molecule has 0 aliphatic rings. The van der Waals surface area contributed by atoms with Crippen molar-refractivity contribution < 1.29 is 28.2 Å². The fraction of sp³-hybridized carbons (Fsp3) is 0.333. The highest BCUT2D eigenvalue weighted by molar-refractivity contribution is 5.88. The third-order valence-corrected chi connectivity index (χ3v) is 3.72. The lowest BCUT2D eigenvalue weighted by molar-refractivity contribution is -0.138. The Morgan fingerprint density at radius 1 is 1.36 bits per heavy atom. The van der Waals surface area contributed by atoms with Gasteiger partial charge in [-0.2, -0.15) is 0 Å². The van der Waals surface area contributed by atoms with Crippen molar-refractivity contribution in [1.29, 1.82) is 0 Å². The summed E-state index contributed by atoms with van der Waals surface area (Å²) in [6, 6.07) is 7.27. The number of para-hydroxylation sites is 1. The summed E-state index contributed by atoms with van der Waals surface area (Å²) >= 11 is 0. The van der Waals surface area contributed by atoms with Gasteiger partial charge in [-0.15, -0.1) is 0 Å². The van der Waals surface area contributed by atoms with Crippen LogP contribution in [0.25, 0.3) is 0 Å². The molecule has 0 bridgehead atoms. The Kier molecular flexibility index (Phi) is 5.80. The first-order chi connectivity index (χ1) is 11.8. The van der Waals surface area contributed by atoms with Crippen LogP contribution < -0.4 is 4.74 Å². The molecule has 1 unspecified atom stereocenters. The summed E-state index contributed by atoms with van der Waals surface area (Å²) in [6.07, 6.45) is -0.494. The number of ether oxygens (including phenoxy) is 1. The number of nitrogens with zero attached hydrogens (tertiary/aromatic N) is 1. The SMILES string of the molecule is CCC(Oc1ccccc1F)C(=O)N(C)Cc1cc(C(=O)O)c(C)o1. The highest BCUT2D eigenvalue weighted by Gasteiger charge is 2.25. The zero-order chi connectivity index (χ0) is 18.6. The van der Waals surface area contributed by atoms with Crippen LogP contribution in [0.2, 0.25) is 0 Å². The van der Waals surface area contributed by atoms with Gasteiger partial charge in [0.2, 0.25) is 0 Å². The van der Waals surface area contributed by atoms with Crippen LogP contribution in [0.1, 0.15) is 35.2 Å². The highest BCUT2D eigenvalue weighted by atomic mass is 19.1. The zero-order valence-electron chi connectivity index (χ0n) is 14.3. The Bertz CT molecular complexity index is 771. The standard InChI is InChI=1S/C18H20FNO5/c1-4-15(25-16-8-6-5-7-14(16)19)17(21)20(3)10-12-9-13(18(22)23)11(2)24-12/h5-9,15H,4,10H2,1-3H3,(H,22,23). The molecular weight excluding hydrogens is 329 g/mol. The summed E-state index contributed by atoms with van der Waals surface area (Å²) in [5.74, 6) is -1.33. The third kappa shape index (κ3) is 4.37. The van der Waals surface area contributed by atoms with E-state index < -0.39 is 17.9 Å².